The Labute approximate surface area is 191 Å². The first kappa shape index (κ1) is 22.0. The summed E-state index contributed by atoms with van der Waals surface area (Å²) in [6, 6.07) is 12.3. The molecule has 0 bridgehead atoms. The first-order valence-corrected chi connectivity index (χ1v) is 12.6. The van der Waals surface area contributed by atoms with E-state index in [0.29, 0.717) is 6.42 Å². The molecule has 1 fully saturated rings. The lowest BCUT2D eigenvalue weighted by Crippen LogP contribution is -2.59. The van der Waals surface area contributed by atoms with E-state index in [9.17, 15) is 9.59 Å². The zero-order valence-corrected chi connectivity index (χ0v) is 19.6. The van der Waals surface area contributed by atoms with E-state index in [1.54, 1.807) is 16.3 Å². The number of rotatable bonds is 6. The van der Waals surface area contributed by atoms with Gasteiger partial charge in [0.05, 0.1) is 28.3 Å². The number of nitrogens with zero attached hydrogens (tertiary/aromatic N) is 2. The summed E-state index contributed by atoms with van der Waals surface area (Å²) in [6.07, 6.45) is 1.50. The van der Waals surface area contributed by atoms with Crippen LogP contribution in [-0.4, -0.2) is 39.8 Å². The fraction of sp³-hybridized carbons (Fsp3) is 0.435. The molecule has 1 aromatic carbocycles. The first-order valence-electron chi connectivity index (χ1n) is 10.6. The van der Waals surface area contributed by atoms with Crippen molar-refractivity contribution in [2.75, 3.05) is 5.75 Å². The molecule has 2 N–H and O–H groups in total. The van der Waals surface area contributed by atoms with Crippen molar-refractivity contribution in [1.29, 1.82) is 0 Å². The molecular formula is C23H28N4O2S2. The monoisotopic (exact) mass is 456 g/mol. The largest absolute Gasteiger partial charge is 0.331 e. The summed E-state index contributed by atoms with van der Waals surface area (Å²) in [4.78, 5) is 26.6. The molecule has 4 rings (SSSR count). The van der Waals surface area contributed by atoms with Gasteiger partial charge in [0.1, 0.15) is 5.50 Å². The molecule has 0 aliphatic carbocycles. The van der Waals surface area contributed by atoms with Gasteiger partial charge in [0, 0.05) is 12.5 Å². The van der Waals surface area contributed by atoms with Crippen molar-refractivity contribution in [3.63, 3.8) is 0 Å². The van der Waals surface area contributed by atoms with Crippen LogP contribution in [0.25, 0.3) is 0 Å². The average Bonchev–Trinajstić information content (AvgIpc) is 3.42. The van der Waals surface area contributed by atoms with Gasteiger partial charge in [-0.3, -0.25) is 14.9 Å². The lowest BCUT2D eigenvalue weighted by molar-refractivity contribution is -0.130. The fourth-order valence-corrected chi connectivity index (χ4v) is 5.76. The minimum Gasteiger partial charge on any atom is -0.331 e. The van der Waals surface area contributed by atoms with Crippen LogP contribution in [0.5, 0.6) is 0 Å². The molecule has 2 aliphatic rings. The molecule has 0 radical (unpaired) electrons. The molecule has 2 aromatic rings. The predicted molar refractivity (Wildman–Crippen MR) is 127 cm³/mol. The highest BCUT2D eigenvalue weighted by Crippen LogP contribution is 2.34. The molecule has 0 saturated carbocycles. The molecule has 6 nitrogen and oxygen atoms in total. The standard InChI is InChI=1S/C23H28N4O2S2/c1-4-17-15(3)24-23(25-22(17)29)31-13-21(28)27-19(16-9-7-14(2)8-10-16)12-18(26-27)20-6-5-11-30-20/h5-11,15,17,19,23-24H,4,12-13H2,1-3H3,(H,25,29). The van der Waals surface area contributed by atoms with Crippen molar-refractivity contribution in [3.05, 3.63) is 57.8 Å². The minimum atomic E-state index is -0.268. The van der Waals surface area contributed by atoms with Crippen LogP contribution in [-0.2, 0) is 9.59 Å². The van der Waals surface area contributed by atoms with Gasteiger partial charge in [0.2, 0.25) is 5.91 Å². The maximum Gasteiger partial charge on any atom is 0.253 e. The first-order chi connectivity index (χ1) is 15.0. The molecule has 4 unspecified atom stereocenters. The second-order valence-electron chi connectivity index (χ2n) is 8.06. The molecule has 164 valence electrons. The SMILES string of the molecule is CCC1C(=O)NC(SCC(=O)N2N=C(c3cccs3)CC2c2ccc(C)cc2)NC1C. The van der Waals surface area contributed by atoms with Crippen molar-refractivity contribution in [2.45, 2.75) is 51.2 Å². The number of nitrogens with one attached hydrogen (secondary N) is 2. The van der Waals surface area contributed by atoms with E-state index in [2.05, 4.69) is 41.8 Å². The predicted octanol–water partition coefficient (Wildman–Crippen LogP) is 3.89. The van der Waals surface area contributed by atoms with E-state index in [-0.39, 0.29) is 41.1 Å². The third kappa shape index (κ3) is 4.86. The smallest absolute Gasteiger partial charge is 0.253 e. The Hall–Kier alpha value is -2.16. The Morgan fingerprint density at radius 3 is 2.71 bits per heavy atom. The molecule has 31 heavy (non-hydrogen) atoms. The van der Waals surface area contributed by atoms with E-state index < -0.39 is 0 Å². The summed E-state index contributed by atoms with van der Waals surface area (Å²) < 4.78 is 0. The fourth-order valence-electron chi connectivity index (χ4n) is 4.09. The Bertz CT molecular complexity index is 958. The van der Waals surface area contributed by atoms with Crippen molar-refractivity contribution in [3.8, 4) is 0 Å². The number of carbonyl (C=O) groups is 2. The Morgan fingerprint density at radius 1 is 1.29 bits per heavy atom. The van der Waals surface area contributed by atoms with Crippen LogP contribution in [0.3, 0.4) is 0 Å². The normalized spacial score (nSPS) is 26.0. The second kappa shape index (κ2) is 9.54. The third-order valence-corrected chi connectivity index (χ3v) is 7.79. The van der Waals surface area contributed by atoms with Gasteiger partial charge in [-0.05, 0) is 37.3 Å². The zero-order valence-electron chi connectivity index (χ0n) is 18.0. The summed E-state index contributed by atoms with van der Waals surface area (Å²) in [6.45, 7) is 6.09. The van der Waals surface area contributed by atoms with Gasteiger partial charge in [0.25, 0.3) is 5.91 Å². The number of thiophene rings is 1. The topological polar surface area (TPSA) is 73.8 Å². The van der Waals surface area contributed by atoms with Gasteiger partial charge in [0.15, 0.2) is 0 Å². The van der Waals surface area contributed by atoms with E-state index in [1.807, 2.05) is 31.4 Å². The van der Waals surface area contributed by atoms with Gasteiger partial charge in [-0.15, -0.1) is 23.1 Å². The Balaban J connectivity index is 1.47. The maximum atomic E-state index is 13.2. The Morgan fingerprint density at radius 2 is 2.06 bits per heavy atom. The number of aryl methyl sites for hydroxylation is 1. The van der Waals surface area contributed by atoms with Crippen LogP contribution in [0.4, 0.5) is 0 Å². The molecule has 2 amide bonds. The number of carbonyl (C=O) groups excluding carboxylic acids is 2. The number of benzene rings is 1. The number of hydrazone groups is 1. The maximum absolute atomic E-state index is 13.2. The lowest BCUT2D eigenvalue weighted by atomic mass is 9.96. The van der Waals surface area contributed by atoms with Crippen molar-refractivity contribution in [1.82, 2.24) is 15.6 Å². The van der Waals surface area contributed by atoms with Gasteiger partial charge in [-0.1, -0.05) is 42.8 Å². The third-order valence-electron chi connectivity index (χ3n) is 5.87. The number of hydrogen-bond acceptors (Lipinski definition) is 6. The van der Waals surface area contributed by atoms with E-state index in [1.165, 1.54) is 17.3 Å². The molecule has 8 heteroatoms. The Kier molecular flexibility index (Phi) is 6.79. The highest BCUT2D eigenvalue weighted by molar-refractivity contribution is 8.00. The van der Waals surface area contributed by atoms with Crippen molar-refractivity contribution in [2.24, 2.45) is 11.0 Å². The number of hydrogen-bond donors (Lipinski definition) is 2. The zero-order chi connectivity index (χ0) is 22.0. The summed E-state index contributed by atoms with van der Waals surface area (Å²) in [5.74, 6) is 0.208. The number of amides is 2. The van der Waals surface area contributed by atoms with Crippen molar-refractivity contribution >= 4 is 40.6 Å². The number of thioether (sulfide) groups is 1. The summed E-state index contributed by atoms with van der Waals surface area (Å²) in [7, 11) is 0. The molecule has 3 heterocycles. The quantitative estimate of drug-likeness (QED) is 0.692. The molecule has 1 aromatic heterocycles. The second-order valence-corrected chi connectivity index (χ2v) is 10.1. The van der Waals surface area contributed by atoms with Gasteiger partial charge in [-0.25, -0.2) is 5.01 Å². The van der Waals surface area contributed by atoms with E-state index >= 15 is 0 Å². The molecule has 4 atom stereocenters. The summed E-state index contributed by atoms with van der Waals surface area (Å²) in [5.41, 5.74) is 2.95. The van der Waals surface area contributed by atoms with Gasteiger partial charge < -0.3 is 5.32 Å². The van der Waals surface area contributed by atoms with Crippen molar-refractivity contribution < 1.29 is 9.59 Å². The molecule has 2 aliphatic heterocycles. The van der Waals surface area contributed by atoms with E-state index in [0.717, 1.165) is 22.6 Å². The molecule has 1 saturated heterocycles. The van der Waals surface area contributed by atoms with Crippen LogP contribution in [0, 0.1) is 12.8 Å². The summed E-state index contributed by atoms with van der Waals surface area (Å²) in [5, 5.41) is 14.8. The van der Waals surface area contributed by atoms with Crippen LogP contribution >= 0.6 is 23.1 Å². The van der Waals surface area contributed by atoms with Crippen LogP contribution in [0.2, 0.25) is 0 Å². The average molecular weight is 457 g/mol. The van der Waals surface area contributed by atoms with Crippen LogP contribution in [0.15, 0.2) is 46.9 Å². The van der Waals surface area contributed by atoms with Gasteiger partial charge >= 0.3 is 0 Å². The highest BCUT2D eigenvalue weighted by Gasteiger charge is 2.35. The highest BCUT2D eigenvalue weighted by atomic mass is 32.2. The van der Waals surface area contributed by atoms with Crippen LogP contribution < -0.4 is 10.6 Å². The van der Waals surface area contributed by atoms with Crippen LogP contribution in [0.1, 0.15) is 48.7 Å². The minimum absolute atomic E-state index is 0.0324. The molecular weight excluding hydrogens is 428 g/mol. The lowest BCUT2D eigenvalue weighted by Gasteiger charge is -2.35. The van der Waals surface area contributed by atoms with E-state index in [4.69, 9.17) is 5.10 Å². The summed E-state index contributed by atoms with van der Waals surface area (Å²) >= 11 is 3.05. The van der Waals surface area contributed by atoms with Gasteiger partial charge in [-0.2, -0.15) is 5.10 Å². The molecule has 0 spiro atoms.